The van der Waals surface area contributed by atoms with Gasteiger partial charge in [0.05, 0.1) is 23.7 Å². The lowest BCUT2D eigenvalue weighted by molar-refractivity contribution is -0.119. The van der Waals surface area contributed by atoms with Crippen molar-refractivity contribution in [1.29, 1.82) is 0 Å². The van der Waals surface area contributed by atoms with E-state index in [1.165, 1.54) is 21.8 Å². The normalized spacial score (nSPS) is 20.3. The predicted octanol–water partition coefficient (Wildman–Crippen LogP) is 0.542. The Morgan fingerprint density at radius 3 is 2.86 bits per heavy atom. The molecule has 2 aromatic heterocycles. The molecule has 1 aromatic carbocycles. The number of amides is 1. The first-order chi connectivity index (χ1) is 13.9. The van der Waals surface area contributed by atoms with Crippen LogP contribution in [0, 0.1) is 0 Å². The van der Waals surface area contributed by atoms with E-state index in [0.29, 0.717) is 18.6 Å². The van der Waals surface area contributed by atoms with E-state index >= 15 is 0 Å². The third kappa shape index (κ3) is 3.03. The molecule has 29 heavy (non-hydrogen) atoms. The molecule has 0 aliphatic carbocycles. The van der Waals surface area contributed by atoms with Gasteiger partial charge in [0.1, 0.15) is 18.3 Å². The molecule has 9 nitrogen and oxygen atoms in total. The zero-order valence-electron chi connectivity index (χ0n) is 15.6. The monoisotopic (exact) mass is 413 g/mol. The quantitative estimate of drug-likeness (QED) is 0.620. The first-order valence-electron chi connectivity index (χ1n) is 9.44. The highest BCUT2D eigenvalue weighted by molar-refractivity contribution is 7.91. The second-order valence-corrected chi connectivity index (χ2v) is 9.71. The van der Waals surface area contributed by atoms with Crippen molar-refractivity contribution >= 4 is 32.5 Å². The lowest BCUT2D eigenvalue weighted by Gasteiger charge is -2.18. The van der Waals surface area contributed by atoms with Crippen molar-refractivity contribution in [3.63, 3.8) is 0 Å². The minimum absolute atomic E-state index is 0.00139. The zero-order chi connectivity index (χ0) is 20.2. The largest absolute Gasteiger partial charge is 0.310 e. The van der Waals surface area contributed by atoms with Crippen molar-refractivity contribution < 1.29 is 13.2 Å². The summed E-state index contributed by atoms with van der Waals surface area (Å²) in [5.41, 5.74) is 2.00. The Labute approximate surface area is 166 Å². The smallest absolute Gasteiger partial charge is 0.264 e. The van der Waals surface area contributed by atoms with Crippen LogP contribution in [0.2, 0.25) is 0 Å². The van der Waals surface area contributed by atoms with Gasteiger partial charge >= 0.3 is 0 Å². The topological polar surface area (TPSA) is 107 Å². The zero-order valence-corrected chi connectivity index (χ0v) is 16.4. The second-order valence-electron chi connectivity index (χ2n) is 7.48. The molecule has 1 atom stereocenters. The average molecular weight is 413 g/mol. The molecule has 0 spiro atoms. The van der Waals surface area contributed by atoms with Crippen LogP contribution in [0.15, 0.2) is 41.6 Å². The van der Waals surface area contributed by atoms with E-state index in [2.05, 4.69) is 10.1 Å². The summed E-state index contributed by atoms with van der Waals surface area (Å²) >= 11 is 0. The van der Waals surface area contributed by atoms with E-state index in [4.69, 9.17) is 0 Å². The first kappa shape index (κ1) is 18.0. The molecule has 0 unspecified atom stereocenters. The van der Waals surface area contributed by atoms with Gasteiger partial charge in [-0.15, -0.1) is 0 Å². The summed E-state index contributed by atoms with van der Waals surface area (Å²) in [6.07, 6.45) is 4.00. The van der Waals surface area contributed by atoms with Crippen LogP contribution in [0.4, 0.5) is 5.69 Å². The Morgan fingerprint density at radius 1 is 1.24 bits per heavy atom. The number of rotatable bonds is 3. The molecule has 0 N–H and O–H groups in total. The van der Waals surface area contributed by atoms with Crippen LogP contribution < -0.4 is 10.5 Å². The fraction of sp³-hybridized carbons (Fsp3) is 0.368. The van der Waals surface area contributed by atoms with Gasteiger partial charge in [0.25, 0.3) is 5.56 Å². The molecule has 2 aliphatic rings. The number of hydrogen-bond acceptors (Lipinski definition) is 6. The average Bonchev–Trinajstić information content (AvgIpc) is 3.40. The van der Waals surface area contributed by atoms with Crippen molar-refractivity contribution in [3.8, 4) is 0 Å². The standard InChI is InChI=1S/C19H19N5O4S/c25-17(23-7-5-13-3-1-2-4-16(13)23)10-22-12-20-18-15(19(22)26)9-21-24(18)14-6-8-29(27,28)11-14/h1-4,9,12,14H,5-8,10-11H2/t14-/m1/s1. The number of benzene rings is 1. The van der Waals surface area contributed by atoms with Gasteiger partial charge in [0, 0.05) is 12.2 Å². The molecular formula is C19H19N5O4S. The number of fused-ring (bicyclic) bond motifs is 2. The summed E-state index contributed by atoms with van der Waals surface area (Å²) in [6, 6.07) is 7.43. The summed E-state index contributed by atoms with van der Waals surface area (Å²) in [6.45, 7) is 0.482. The van der Waals surface area contributed by atoms with Crippen molar-refractivity contribution in [2.75, 3.05) is 23.0 Å². The number of aromatic nitrogens is 4. The fourth-order valence-corrected chi connectivity index (χ4v) is 5.84. The van der Waals surface area contributed by atoms with Crippen LogP contribution in [0.1, 0.15) is 18.0 Å². The van der Waals surface area contributed by atoms with E-state index in [1.807, 2.05) is 24.3 Å². The highest BCUT2D eigenvalue weighted by Gasteiger charge is 2.31. The van der Waals surface area contributed by atoms with Crippen LogP contribution in [0.25, 0.3) is 11.0 Å². The first-order valence-corrected chi connectivity index (χ1v) is 11.3. The van der Waals surface area contributed by atoms with Gasteiger partial charge in [0.15, 0.2) is 15.5 Å². The van der Waals surface area contributed by atoms with Crippen molar-refractivity contribution in [2.45, 2.75) is 25.4 Å². The Balaban J connectivity index is 1.43. The van der Waals surface area contributed by atoms with E-state index < -0.39 is 9.84 Å². The van der Waals surface area contributed by atoms with Gasteiger partial charge < -0.3 is 4.90 Å². The number of carbonyl (C=O) groups is 1. The number of carbonyl (C=O) groups excluding carboxylic acids is 1. The minimum atomic E-state index is -3.08. The summed E-state index contributed by atoms with van der Waals surface area (Å²) in [5.74, 6) is -0.0593. The molecule has 1 saturated heterocycles. The van der Waals surface area contributed by atoms with Crippen LogP contribution in [0.3, 0.4) is 0 Å². The van der Waals surface area contributed by atoms with E-state index in [9.17, 15) is 18.0 Å². The SMILES string of the molecule is O=C(Cn1cnc2c(cnn2[C@@H]2CCS(=O)(=O)C2)c1=O)N1CCc2ccccc21. The molecule has 4 heterocycles. The third-order valence-corrected chi connectivity index (χ3v) is 7.38. The van der Waals surface area contributed by atoms with Crippen LogP contribution >= 0.6 is 0 Å². The molecule has 0 radical (unpaired) electrons. The highest BCUT2D eigenvalue weighted by atomic mass is 32.2. The van der Waals surface area contributed by atoms with Crippen molar-refractivity contribution in [1.82, 2.24) is 19.3 Å². The minimum Gasteiger partial charge on any atom is -0.310 e. The molecule has 1 fully saturated rings. The maximum atomic E-state index is 12.9. The number of hydrogen-bond donors (Lipinski definition) is 0. The van der Waals surface area contributed by atoms with Gasteiger partial charge in [-0.2, -0.15) is 5.10 Å². The molecular weight excluding hydrogens is 394 g/mol. The summed E-state index contributed by atoms with van der Waals surface area (Å²) in [4.78, 5) is 31.7. The molecule has 2 aliphatic heterocycles. The predicted molar refractivity (Wildman–Crippen MR) is 107 cm³/mol. The number of sulfone groups is 1. The molecule has 0 saturated carbocycles. The third-order valence-electron chi connectivity index (χ3n) is 5.63. The van der Waals surface area contributed by atoms with Crippen LogP contribution in [-0.4, -0.2) is 51.7 Å². The van der Waals surface area contributed by atoms with Gasteiger partial charge in [-0.25, -0.2) is 18.1 Å². The second kappa shape index (κ2) is 6.51. The maximum absolute atomic E-state index is 12.9. The van der Waals surface area contributed by atoms with Crippen molar-refractivity contribution in [2.24, 2.45) is 0 Å². The number of para-hydroxylation sites is 1. The molecule has 3 aromatic rings. The van der Waals surface area contributed by atoms with Crippen LogP contribution in [0.5, 0.6) is 0 Å². The number of nitrogens with zero attached hydrogens (tertiary/aromatic N) is 5. The van der Waals surface area contributed by atoms with E-state index in [1.54, 1.807) is 4.90 Å². The lowest BCUT2D eigenvalue weighted by Crippen LogP contribution is -2.35. The van der Waals surface area contributed by atoms with Gasteiger partial charge in [-0.3, -0.25) is 14.2 Å². The fourth-order valence-electron chi connectivity index (χ4n) is 4.14. The summed E-state index contributed by atoms with van der Waals surface area (Å²) in [7, 11) is -3.08. The maximum Gasteiger partial charge on any atom is 0.264 e. The number of anilines is 1. The van der Waals surface area contributed by atoms with E-state index in [0.717, 1.165) is 17.7 Å². The van der Waals surface area contributed by atoms with Crippen molar-refractivity contribution in [3.05, 3.63) is 52.7 Å². The highest BCUT2D eigenvalue weighted by Crippen LogP contribution is 2.28. The Hall–Kier alpha value is -3.01. The van der Waals surface area contributed by atoms with Gasteiger partial charge in [-0.05, 0) is 24.5 Å². The Kier molecular flexibility index (Phi) is 4.05. The summed E-state index contributed by atoms with van der Waals surface area (Å²) < 4.78 is 26.3. The molecule has 150 valence electrons. The Bertz CT molecular complexity index is 1290. The van der Waals surface area contributed by atoms with Gasteiger partial charge in [0.2, 0.25) is 5.91 Å². The Morgan fingerprint density at radius 2 is 2.07 bits per heavy atom. The van der Waals surface area contributed by atoms with Gasteiger partial charge in [-0.1, -0.05) is 18.2 Å². The summed E-state index contributed by atoms with van der Waals surface area (Å²) in [5, 5.41) is 4.50. The molecule has 10 heteroatoms. The molecule has 0 bridgehead atoms. The van der Waals surface area contributed by atoms with E-state index in [-0.39, 0.29) is 40.9 Å². The lowest BCUT2D eigenvalue weighted by atomic mass is 10.2. The molecule has 1 amide bonds. The van der Waals surface area contributed by atoms with Crippen LogP contribution in [-0.2, 0) is 27.6 Å². The molecule has 5 rings (SSSR count).